The zero-order chi connectivity index (χ0) is 24.6. The fraction of sp³-hybridized carbons (Fsp3) is 0.371. The smallest absolute Gasteiger partial charge is 0.0339 e. The van der Waals surface area contributed by atoms with Crippen LogP contribution in [0.15, 0.2) is 114 Å². The molecular formula is C35H42. The Labute approximate surface area is 213 Å². The third-order valence-corrected chi connectivity index (χ3v) is 8.05. The number of hydrogen-bond acceptors (Lipinski definition) is 0. The standard InChI is InChI=1S/C35H42/c1-5-28-16-15-26(3)34(24-21-28)35(27(4)32-22-19-29(6-2)20-23-32)33-14-10-9-13-31(25-33)18-17-30-11-7-8-12-30/h5,10,13-14,16,19-25,30,35H,1,4,6-9,11-12,15,17-18H2,2-3H3. The minimum Gasteiger partial charge on any atom is -0.0985 e. The Balaban J connectivity index is 1.70. The Bertz CT molecular complexity index is 1100. The molecule has 182 valence electrons. The number of allylic oxidation sites excluding steroid dienone is 14. The number of rotatable bonds is 9. The van der Waals surface area contributed by atoms with Gasteiger partial charge in [0.1, 0.15) is 0 Å². The van der Waals surface area contributed by atoms with E-state index < -0.39 is 0 Å². The van der Waals surface area contributed by atoms with Gasteiger partial charge in [-0.3, -0.25) is 0 Å². The van der Waals surface area contributed by atoms with E-state index in [0.29, 0.717) is 0 Å². The van der Waals surface area contributed by atoms with E-state index in [1.54, 1.807) is 0 Å². The second-order valence-electron chi connectivity index (χ2n) is 10.4. The Morgan fingerprint density at radius 3 is 2.54 bits per heavy atom. The Morgan fingerprint density at radius 2 is 1.83 bits per heavy atom. The first-order chi connectivity index (χ1) is 17.1. The van der Waals surface area contributed by atoms with Crippen LogP contribution in [-0.4, -0.2) is 0 Å². The third kappa shape index (κ3) is 6.43. The number of benzene rings is 1. The molecule has 1 aromatic carbocycles. The van der Waals surface area contributed by atoms with Gasteiger partial charge in [-0.2, -0.15) is 0 Å². The molecule has 0 aromatic heterocycles. The fourth-order valence-corrected chi connectivity index (χ4v) is 5.74. The van der Waals surface area contributed by atoms with Crippen molar-refractivity contribution >= 4 is 5.57 Å². The Hall–Kier alpha value is -2.86. The molecule has 1 unspecified atom stereocenters. The zero-order valence-corrected chi connectivity index (χ0v) is 21.9. The molecule has 0 bridgehead atoms. The van der Waals surface area contributed by atoms with Crippen LogP contribution in [0.2, 0.25) is 0 Å². The second kappa shape index (κ2) is 12.2. The van der Waals surface area contributed by atoms with E-state index >= 15 is 0 Å². The summed E-state index contributed by atoms with van der Waals surface area (Å²) in [6.45, 7) is 13.2. The van der Waals surface area contributed by atoms with E-state index in [1.807, 2.05) is 6.08 Å². The molecule has 0 nitrogen and oxygen atoms in total. The first-order valence-corrected chi connectivity index (χ1v) is 13.6. The maximum absolute atomic E-state index is 4.70. The summed E-state index contributed by atoms with van der Waals surface area (Å²) < 4.78 is 0. The van der Waals surface area contributed by atoms with Crippen molar-refractivity contribution in [1.29, 1.82) is 0 Å². The molecule has 1 aromatic rings. The van der Waals surface area contributed by atoms with Crippen molar-refractivity contribution in [2.45, 2.75) is 71.6 Å². The van der Waals surface area contributed by atoms with Gasteiger partial charge in [0.15, 0.2) is 0 Å². The molecular weight excluding hydrogens is 420 g/mol. The number of aryl methyl sites for hydroxylation is 1. The molecule has 0 N–H and O–H groups in total. The molecule has 0 spiro atoms. The van der Waals surface area contributed by atoms with Crippen LogP contribution in [0.5, 0.6) is 0 Å². The highest BCUT2D eigenvalue weighted by molar-refractivity contribution is 5.74. The van der Waals surface area contributed by atoms with Crippen LogP contribution in [0, 0.1) is 11.8 Å². The maximum Gasteiger partial charge on any atom is 0.0339 e. The highest BCUT2D eigenvalue weighted by atomic mass is 14.3. The van der Waals surface area contributed by atoms with Crippen LogP contribution in [0.3, 0.4) is 0 Å². The van der Waals surface area contributed by atoms with Crippen LogP contribution in [0.4, 0.5) is 0 Å². The van der Waals surface area contributed by atoms with Gasteiger partial charge in [0.05, 0.1) is 0 Å². The van der Waals surface area contributed by atoms with Crippen molar-refractivity contribution in [3.05, 3.63) is 125 Å². The van der Waals surface area contributed by atoms with E-state index in [4.69, 9.17) is 6.58 Å². The Kier molecular flexibility index (Phi) is 8.80. The van der Waals surface area contributed by atoms with Crippen LogP contribution < -0.4 is 0 Å². The van der Waals surface area contributed by atoms with Gasteiger partial charge in [0, 0.05) is 5.92 Å². The minimum absolute atomic E-state index is 0.139. The molecule has 0 radical (unpaired) electrons. The third-order valence-electron chi connectivity index (χ3n) is 8.05. The summed E-state index contributed by atoms with van der Waals surface area (Å²) in [5.41, 5.74) is 10.6. The van der Waals surface area contributed by atoms with Gasteiger partial charge in [-0.05, 0) is 78.4 Å². The van der Waals surface area contributed by atoms with Gasteiger partial charge in [0.25, 0.3) is 0 Å². The van der Waals surface area contributed by atoms with Gasteiger partial charge < -0.3 is 0 Å². The summed E-state index contributed by atoms with van der Waals surface area (Å²) in [6, 6.07) is 9.03. The van der Waals surface area contributed by atoms with Crippen molar-refractivity contribution in [3.8, 4) is 0 Å². The van der Waals surface area contributed by atoms with Gasteiger partial charge in [0.2, 0.25) is 0 Å². The second-order valence-corrected chi connectivity index (χ2v) is 10.4. The normalized spacial score (nSPS) is 19.5. The van der Waals surface area contributed by atoms with Crippen LogP contribution in [0.1, 0.15) is 76.3 Å². The lowest BCUT2D eigenvalue weighted by Gasteiger charge is -2.25. The molecule has 0 heteroatoms. The first-order valence-electron chi connectivity index (χ1n) is 13.6. The van der Waals surface area contributed by atoms with Gasteiger partial charge >= 0.3 is 0 Å². The average molecular weight is 463 g/mol. The summed E-state index contributed by atoms with van der Waals surface area (Å²) >= 11 is 0. The summed E-state index contributed by atoms with van der Waals surface area (Å²) in [6.07, 6.45) is 29.6. The quantitative estimate of drug-likeness (QED) is 0.342. The van der Waals surface area contributed by atoms with Crippen LogP contribution in [-0.2, 0) is 6.42 Å². The fourth-order valence-electron chi connectivity index (χ4n) is 5.74. The largest absolute Gasteiger partial charge is 0.0985 e. The van der Waals surface area contributed by atoms with Crippen molar-refractivity contribution in [2.75, 3.05) is 0 Å². The van der Waals surface area contributed by atoms with E-state index in [0.717, 1.165) is 25.2 Å². The lowest BCUT2D eigenvalue weighted by molar-refractivity contribution is 0.504. The predicted octanol–water partition coefficient (Wildman–Crippen LogP) is 10.1. The van der Waals surface area contributed by atoms with Gasteiger partial charge in [-0.15, -0.1) is 0 Å². The van der Waals surface area contributed by atoms with Gasteiger partial charge in [-0.1, -0.05) is 130 Å². The lowest BCUT2D eigenvalue weighted by atomic mass is 9.78. The van der Waals surface area contributed by atoms with Crippen molar-refractivity contribution in [1.82, 2.24) is 0 Å². The van der Waals surface area contributed by atoms with Crippen molar-refractivity contribution < 1.29 is 0 Å². The minimum atomic E-state index is 0.139. The molecule has 0 amide bonds. The average Bonchev–Trinajstić information content (AvgIpc) is 3.21. The molecule has 1 atom stereocenters. The molecule has 1 saturated carbocycles. The summed E-state index contributed by atoms with van der Waals surface area (Å²) in [7, 11) is 0. The first kappa shape index (κ1) is 25.2. The molecule has 0 aliphatic heterocycles. The molecule has 35 heavy (non-hydrogen) atoms. The lowest BCUT2D eigenvalue weighted by Crippen LogP contribution is -2.10. The summed E-state index contributed by atoms with van der Waals surface area (Å²) in [4.78, 5) is 0. The van der Waals surface area contributed by atoms with Crippen LogP contribution >= 0.6 is 0 Å². The zero-order valence-electron chi connectivity index (χ0n) is 21.9. The molecule has 1 fully saturated rings. The topological polar surface area (TPSA) is 0 Å². The monoisotopic (exact) mass is 462 g/mol. The number of hydrogen-bond donors (Lipinski definition) is 0. The molecule has 0 saturated heterocycles. The highest BCUT2D eigenvalue weighted by Gasteiger charge is 2.24. The van der Waals surface area contributed by atoms with E-state index in [1.165, 1.54) is 83.1 Å². The van der Waals surface area contributed by atoms with E-state index in [2.05, 4.69) is 87.2 Å². The van der Waals surface area contributed by atoms with Gasteiger partial charge in [-0.25, -0.2) is 0 Å². The molecule has 3 aliphatic carbocycles. The SMILES string of the molecule is C=CC1=CCC(C)=C(C(C(=C)c2ccc(CC)cc2)C2=CC(CCC3CCCC3)=CCC=C2)C=C1. The van der Waals surface area contributed by atoms with Crippen LogP contribution in [0.25, 0.3) is 5.57 Å². The summed E-state index contributed by atoms with van der Waals surface area (Å²) in [5, 5.41) is 0. The highest BCUT2D eigenvalue weighted by Crippen LogP contribution is 2.40. The van der Waals surface area contributed by atoms with Crippen molar-refractivity contribution in [3.63, 3.8) is 0 Å². The molecule has 3 aliphatic rings. The predicted molar refractivity (Wildman–Crippen MR) is 154 cm³/mol. The van der Waals surface area contributed by atoms with Crippen molar-refractivity contribution in [2.24, 2.45) is 11.8 Å². The Morgan fingerprint density at radius 1 is 1.06 bits per heavy atom. The van der Waals surface area contributed by atoms with E-state index in [-0.39, 0.29) is 5.92 Å². The summed E-state index contributed by atoms with van der Waals surface area (Å²) in [5.74, 6) is 1.06. The molecule has 4 rings (SSSR count). The molecule has 0 heterocycles. The van der Waals surface area contributed by atoms with E-state index in [9.17, 15) is 0 Å². The maximum atomic E-state index is 4.70.